The average molecular weight is 321 g/mol. The zero-order valence-electron chi connectivity index (χ0n) is 12.8. The molecular weight excluding hydrogens is 304 g/mol. The number of nitrogens with one attached hydrogen (secondary N) is 1. The Morgan fingerprint density at radius 2 is 2.00 bits per heavy atom. The van der Waals surface area contributed by atoms with Crippen molar-refractivity contribution in [1.82, 2.24) is 15.2 Å². The van der Waals surface area contributed by atoms with Crippen molar-refractivity contribution >= 4 is 29.1 Å². The number of pyridine rings is 1. The van der Waals surface area contributed by atoms with Gasteiger partial charge in [-0.1, -0.05) is 38.4 Å². The highest BCUT2D eigenvalue weighted by atomic mass is 35.5. The van der Waals surface area contributed by atoms with Gasteiger partial charge in [-0.05, 0) is 12.1 Å². The number of anilines is 2. The molecule has 0 spiro atoms. The lowest BCUT2D eigenvalue weighted by molar-refractivity contribution is 0.0594. The largest absolute Gasteiger partial charge is 0.464 e. The summed E-state index contributed by atoms with van der Waals surface area (Å²) in [6.07, 6.45) is 0. The molecule has 0 aliphatic heterocycles. The number of halogens is 1. The molecule has 0 bridgehead atoms. The van der Waals surface area contributed by atoms with Crippen molar-refractivity contribution in [3.63, 3.8) is 0 Å². The number of hydrogen-bond acceptors (Lipinski definition) is 6. The molecule has 116 valence electrons. The summed E-state index contributed by atoms with van der Waals surface area (Å²) in [6.45, 7) is 6.22. The molecule has 0 aliphatic carbocycles. The third-order valence-electron chi connectivity index (χ3n) is 2.92. The van der Waals surface area contributed by atoms with Crippen molar-refractivity contribution in [1.29, 1.82) is 0 Å². The zero-order valence-corrected chi connectivity index (χ0v) is 13.6. The maximum absolute atomic E-state index is 11.7. The van der Waals surface area contributed by atoms with Crippen molar-refractivity contribution in [2.24, 2.45) is 0 Å². The lowest BCUT2D eigenvalue weighted by Crippen LogP contribution is -2.14. The van der Waals surface area contributed by atoms with Gasteiger partial charge in [0.25, 0.3) is 0 Å². The van der Waals surface area contributed by atoms with Gasteiger partial charge in [0.05, 0.1) is 12.8 Å². The monoisotopic (exact) mass is 320 g/mol. The van der Waals surface area contributed by atoms with Gasteiger partial charge in [0.1, 0.15) is 5.82 Å². The van der Waals surface area contributed by atoms with Gasteiger partial charge < -0.3 is 10.1 Å². The van der Waals surface area contributed by atoms with Crippen LogP contribution in [0, 0.1) is 0 Å². The van der Waals surface area contributed by atoms with Gasteiger partial charge in [-0.25, -0.2) is 9.78 Å². The Kier molecular flexibility index (Phi) is 4.61. The van der Waals surface area contributed by atoms with Crippen LogP contribution >= 0.6 is 11.6 Å². The second-order valence-corrected chi connectivity index (χ2v) is 6.09. The Labute approximate surface area is 133 Å². The molecular formula is C15H17ClN4O2. The number of nitrogens with zero attached hydrogens (tertiary/aromatic N) is 3. The van der Waals surface area contributed by atoms with E-state index in [2.05, 4.69) is 46.0 Å². The average Bonchev–Trinajstić information content (AvgIpc) is 2.46. The molecule has 0 aromatic carbocycles. The molecule has 0 radical (unpaired) electrons. The van der Waals surface area contributed by atoms with Gasteiger partial charge >= 0.3 is 5.97 Å². The van der Waals surface area contributed by atoms with Gasteiger partial charge in [0.2, 0.25) is 0 Å². The first-order valence-electron chi connectivity index (χ1n) is 6.67. The molecule has 2 aromatic rings. The number of ether oxygens (including phenoxy) is 1. The summed E-state index contributed by atoms with van der Waals surface area (Å²) < 4.78 is 4.69. The second-order valence-electron chi connectivity index (χ2n) is 5.70. The Hall–Kier alpha value is -2.21. The molecule has 0 fully saturated rings. The lowest BCUT2D eigenvalue weighted by atomic mass is 9.92. The summed E-state index contributed by atoms with van der Waals surface area (Å²) >= 11 is 5.85. The van der Waals surface area contributed by atoms with Crippen LogP contribution in [0.15, 0.2) is 24.3 Å². The number of methoxy groups -OCH3 is 1. The quantitative estimate of drug-likeness (QED) is 0.874. The van der Waals surface area contributed by atoms with Crippen molar-refractivity contribution in [2.75, 3.05) is 12.4 Å². The Morgan fingerprint density at radius 1 is 1.27 bits per heavy atom. The van der Waals surface area contributed by atoms with Gasteiger partial charge in [0, 0.05) is 17.2 Å². The minimum Gasteiger partial charge on any atom is -0.464 e. The summed E-state index contributed by atoms with van der Waals surface area (Å²) in [5.74, 6) is -0.0136. The van der Waals surface area contributed by atoms with E-state index in [1.54, 1.807) is 6.07 Å². The maximum Gasteiger partial charge on any atom is 0.360 e. The molecule has 22 heavy (non-hydrogen) atoms. The fraction of sp³-hybridized carbons (Fsp3) is 0.333. The van der Waals surface area contributed by atoms with Gasteiger partial charge in [0.15, 0.2) is 10.8 Å². The second kappa shape index (κ2) is 6.27. The molecule has 0 amide bonds. The maximum atomic E-state index is 11.7. The van der Waals surface area contributed by atoms with Crippen LogP contribution in [0.5, 0.6) is 0 Å². The predicted octanol–water partition coefficient (Wildman–Crippen LogP) is 3.35. The minimum absolute atomic E-state index is 0.0508. The van der Waals surface area contributed by atoms with E-state index in [1.165, 1.54) is 13.2 Å². The summed E-state index contributed by atoms with van der Waals surface area (Å²) in [4.78, 5) is 16.3. The van der Waals surface area contributed by atoms with Crippen molar-refractivity contribution in [2.45, 2.75) is 26.2 Å². The molecule has 6 nitrogen and oxygen atoms in total. The first-order valence-corrected chi connectivity index (χ1v) is 7.05. The molecule has 2 aromatic heterocycles. The van der Waals surface area contributed by atoms with Crippen molar-refractivity contribution in [3.05, 3.63) is 40.8 Å². The van der Waals surface area contributed by atoms with Crippen LogP contribution < -0.4 is 5.32 Å². The zero-order chi connectivity index (χ0) is 16.3. The number of carbonyl (C=O) groups is 1. The van der Waals surface area contributed by atoms with Crippen LogP contribution in [0.1, 0.15) is 37.0 Å². The molecule has 2 heterocycles. The summed E-state index contributed by atoms with van der Waals surface area (Å²) in [6, 6.07) is 7.14. The summed E-state index contributed by atoms with van der Waals surface area (Å²) in [7, 11) is 1.28. The molecule has 1 N–H and O–H groups in total. The van der Waals surface area contributed by atoms with Gasteiger partial charge in [-0.15, -0.1) is 10.2 Å². The van der Waals surface area contributed by atoms with Crippen LogP contribution in [0.3, 0.4) is 0 Å². The molecule has 0 atom stereocenters. The summed E-state index contributed by atoms with van der Waals surface area (Å²) in [5, 5.41) is 10.6. The van der Waals surface area contributed by atoms with Crippen LogP contribution in [-0.2, 0) is 10.2 Å². The molecule has 0 unspecified atom stereocenters. The number of rotatable bonds is 3. The lowest BCUT2D eigenvalue weighted by Gasteiger charge is -2.18. The number of carbonyl (C=O) groups excluding carboxylic acids is 1. The van der Waals surface area contributed by atoms with E-state index in [4.69, 9.17) is 11.6 Å². The van der Waals surface area contributed by atoms with Crippen LogP contribution in [-0.4, -0.2) is 28.3 Å². The van der Waals surface area contributed by atoms with Crippen LogP contribution in [0.4, 0.5) is 11.5 Å². The Morgan fingerprint density at radius 3 is 2.64 bits per heavy atom. The highest BCUT2D eigenvalue weighted by Crippen LogP contribution is 2.24. The number of esters is 1. The normalized spacial score (nSPS) is 11.1. The van der Waals surface area contributed by atoms with Crippen LogP contribution in [0.25, 0.3) is 0 Å². The third-order valence-corrected chi connectivity index (χ3v) is 3.11. The molecule has 7 heteroatoms. The minimum atomic E-state index is -0.598. The first kappa shape index (κ1) is 16.2. The van der Waals surface area contributed by atoms with Gasteiger partial charge in [-0.3, -0.25) is 0 Å². The van der Waals surface area contributed by atoms with Crippen molar-refractivity contribution < 1.29 is 9.53 Å². The van der Waals surface area contributed by atoms with Crippen LogP contribution in [0.2, 0.25) is 5.15 Å². The molecule has 2 rings (SSSR count). The summed E-state index contributed by atoms with van der Waals surface area (Å²) in [5.41, 5.74) is 1.28. The van der Waals surface area contributed by atoms with E-state index in [1.807, 2.05) is 12.1 Å². The SMILES string of the molecule is COC(=O)c1nnc(Cl)cc1Nc1cccc(C(C)(C)C)n1. The highest BCUT2D eigenvalue weighted by Gasteiger charge is 2.18. The molecule has 0 aliphatic rings. The third kappa shape index (κ3) is 3.71. The predicted molar refractivity (Wildman–Crippen MR) is 84.6 cm³/mol. The highest BCUT2D eigenvalue weighted by molar-refractivity contribution is 6.29. The molecule has 0 saturated carbocycles. The van der Waals surface area contributed by atoms with E-state index in [0.717, 1.165) is 5.69 Å². The smallest absolute Gasteiger partial charge is 0.360 e. The number of aromatic nitrogens is 3. The van der Waals surface area contributed by atoms with E-state index in [-0.39, 0.29) is 16.3 Å². The van der Waals surface area contributed by atoms with E-state index in [0.29, 0.717) is 11.5 Å². The van der Waals surface area contributed by atoms with E-state index < -0.39 is 5.97 Å². The molecule has 0 saturated heterocycles. The van der Waals surface area contributed by atoms with E-state index >= 15 is 0 Å². The Bertz CT molecular complexity index is 698. The topological polar surface area (TPSA) is 77.0 Å². The number of hydrogen-bond donors (Lipinski definition) is 1. The fourth-order valence-corrected chi connectivity index (χ4v) is 1.92. The first-order chi connectivity index (χ1) is 10.3. The van der Waals surface area contributed by atoms with Crippen molar-refractivity contribution in [3.8, 4) is 0 Å². The van der Waals surface area contributed by atoms with E-state index in [9.17, 15) is 4.79 Å². The fourth-order valence-electron chi connectivity index (χ4n) is 1.77. The standard InChI is InChI=1S/C15H17ClN4O2/c1-15(2,3)10-6-5-7-12(18-10)17-9-8-11(16)19-20-13(9)14(21)22-4/h5-8H,1-4H3,(H,17,18,19). The Balaban J connectivity index is 2.39. The van der Waals surface area contributed by atoms with Gasteiger partial charge in [-0.2, -0.15) is 0 Å².